The Morgan fingerprint density at radius 1 is 1.23 bits per heavy atom. The van der Waals surface area contributed by atoms with Gasteiger partial charge in [-0.2, -0.15) is 0 Å². The molecule has 35 heavy (non-hydrogen) atoms. The summed E-state index contributed by atoms with van der Waals surface area (Å²) < 4.78 is 38.2. The Bertz CT molecular complexity index is 1300. The van der Waals surface area contributed by atoms with Crippen molar-refractivity contribution >= 4 is 21.7 Å². The number of aliphatic carboxylic acids is 1. The largest absolute Gasteiger partial charge is 0.493 e. The number of hydrogen-bond donors (Lipinski definition) is 2. The average molecular weight is 499 g/mol. The number of rotatable bonds is 11. The van der Waals surface area contributed by atoms with Crippen LogP contribution >= 0.6 is 0 Å². The Hall–Kier alpha value is -3.33. The van der Waals surface area contributed by atoms with Crippen LogP contribution in [-0.2, 0) is 27.7 Å². The molecular weight excluding hydrogens is 468 g/mol. The van der Waals surface area contributed by atoms with Crippen molar-refractivity contribution in [2.75, 3.05) is 17.1 Å². The molecule has 0 amide bonds. The monoisotopic (exact) mass is 498 g/mol. The molecule has 0 bridgehead atoms. The van der Waals surface area contributed by atoms with Crippen LogP contribution in [0.3, 0.4) is 0 Å². The van der Waals surface area contributed by atoms with Crippen molar-refractivity contribution in [2.24, 2.45) is 0 Å². The number of hydrogen-bond acceptors (Lipinski definition) is 6. The second kappa shape index (κ2) is 10.5. The summed E-state index contributed by atoms with van der Waals surface area (Å²) in [5.74, 6) is 1.35. The molecule has 2 N–H and O–H groups in total. The van der Waals surface area contributed by atoms with Crippen molar-refractivity contribution in [3.8, 4) is 17.2 Å². The number of oxazole rings is 1. The molecule has 0 radical (unpaired) electrons. The second-order valence-corrected chi connectivity index (χ2v) is 10.7. The van der Waals surface area contributed by atoms with E-state index in [2.05, 4.69) is 9.71 Å². The van der Waals surface area contributed by atoms with Crippen LogP contribution in [0.1, 0.15) is 54.7 Å². The van der Waals surface area contributed by atoms with Crippen LogP contribution < -0.4 is 9.46 Å². The average Bonchev–Trinajstić information content (AvgIpc) is 3.36. The van der Waals surface area contributed by atoms with Gasteiger partial charge in [-0.3, -0.25) is 9.52 Å². The summed E-state index contributed by atoms with van der Waals surface area (Å²) in [6.45, 7) is 4.11. The van der Waals surface area contributed by atoms with Crippen molar-refractivity contribution in [1.82, 2.24) is 4.98 Å². The number of aromatic nitrogens is 1. The highest BCUT2D eigenvalue weighted by atomic mass is 32.2. The smallest absolute Gasteiger partial charge is 0.303 e. The minimum absolute atomic E-state index is 0.0792. The molecule has 0 saturated heterocycles. The zero-order valence-corrected chi connectivity index (χ0v) is 20.7. The van der Waals surface area contributed by atoms with E-state index in [0.717, 1.165) is 41.0 Å². The van der Waals surface area contributed by atoms with E-state index in [4.69, 9.17) is 14.3 Å². The minimum atomic E-state index is -3.34. The fraction of sp³-hybridized carbons (Fsp3) is 0.385. The lowest BCUT2D eigenvalue weighted by Crippen LogP contribution is -2.15. The highest BCUT2D eigenvalue weighted by Crippen LogP contribution is 2.37. The van der Waals surface area contributed by atoms with Crippen molar-refractivity contribution < 1.29 is 27.5 Å². The van der Waals surface area contributed by atoms with Crippen molar-refractivity contribution in [1.29, 1.82) is 0 Å². The predicted molar refractivity (Wildman–Crippen MR) is 133 cm³/mol. The molecule has 1 atom stereocenters. The third-order valence-electron chi connectivity index (χ3n) is 6.12. The van der Waals surface area contributed by atoms with Gasteiger partial charge < -0.3 is 14.3 Å². The zero-order valence-electron chi connectivity index (χ0n) is 19.9. The van der Waals surface area contributed by atoms with Gasteiger partial charge in [-0.15, -0.1) is 0 Å². The maximum absolute atomic E-state index is 11.9. The molecule has 9 heteroatoms. The van der Waals surface area contributed by atoms with Crippen molar-refractivity contribution in [3.63, 3.8) is 0 Å². The molecule has 1 heterocycles. The van der Waals surface area contributed by atoms with Crippen LogP contribution in [0.5, 0.6) is 5.75 Å². The molecule has 0 aliphatic heterocycles. The number of fused-ring (bicyclic) bond motifs is 1. The number of ether oxygens (including phenoxy) is 1. The first-order chi connectivity index (χ1) is 16.7. The molecular formula is C26H30N2O6S. The number of aryl methyl sites for hydroxylation is 2. The number of carboxylic acid groups (broad SMARTS) is 1. The van der Waals surface area contributed by atoms with Gasteiger partial charge >= 0.3 is 5.97 Å². The summed E-state index contributed by atoms with van der Waals surface area (Å²) in [5.41, 5.74) is 4.33. The van der Waals surface area contributed by atoms with Crippen LogP contribution in [0.4, 0.5) is 5.69 Å². The highest BCUT2D eigenvalue weighted by Gasteiger charge is 2.25. The standard InChI is InChI=1S/C26H30N2O6S/c1-3-14-35(31,32)28-21-8-6-18(7-9-21)26-27-24(17(2)34-26)12-13-33-22-10-11-23-19(15-22)4-5-20(23)16-25(29)30/h6-11,15,20,28H,3-5,12-14,16H2,1-2H3,(H,29,30)/t20-/m0/s1. The third kappa shape index (κ3) is 6.22. The number of carboxylic acids is 1. The van der Waals surface area contributed by atoms with Gasteiger partial charge in [-0.05, 0) is 79.6 Å². The molecule has 8 nitrogen and oxygen atoms in total. The Morgan fingerprint density at radius 2 is 2.00 bits per heavy atom. The molecule has 0 saturated carbocycles. The van der Waals surface area contributed by atoms with E-state index >= 15 is 0 Å². The van der Waals surface area contributed by atoms with Crippen molar-refractivity contribution in [3.05, 3.63) is 65.0 Å². The first kappa shape index (κ1) is 24.8. The lowest BCUT2D eigenvalue weighted by atomic mass is 9.98. The molecule has 1 aromatic heterocycles. The van der Waals surface area contributed by atoms with Gasteiger partial charge in [0.25, 0.3) is 0 Å². The number of benzene rings is 2. The van der Waals surface area contributed by atoms with Crippen LogP contribution in [0.25, 0.3) is 11.5 Å². The topological polar surface area (TPSA) is 119 Å². The highest BCUT2D eigenvalue weighted by molar-refractivity contribution is 7.92. The normalized spacial score (nSPS) is 15.1. The van der Waals surface area contributed by atoms with Crippen LogP contribution in [0, 0.1) is 6.92 Å². The quantitative estimate of drug-likeness (QED) is 0.385. The molecule has 4 rings (SSSR count). The first-order valence-corrected chi connectivity index (χ1v) is 13.4. The van der Waals surface area contributed by atoms with E-state index in [1.165, 1.54) is 0 Å². The summed E-state index contributed by atoms with van der Waals surface area (Å²) >= 11 is 0. The Labute approximate surface area is 205 Å². The maximum Gasteiger partial charge on any atom is 0.303 e. The van der Waals surface area contributed by atoms with Gasteiger partial charge in [-0.25, -0.2) is 13.4 Å². The number of anilines is 1. The molecule has 0 fully saturated rings. The van der Waals surface area contributed by atoms with Crippen LogP contribution in [0.15, 0.2) is 46.9 Å². The summed E-state index contributed by atoms with van der Waals surface area (Å²) in [4.78, 5) is 15.7. The summed E-state index contributed by atoms with van der Waals surface area (Å²) in [6, 6.07) is 12.8. The van der Waals surface area contributed by atoms with Crippen molar-refractivity contribution in [2.45, 2.75) is 51.9 Å². The zero-order chi connectivity index (χ0) is 25.0. The second-order valence-electron chi connectivity index (χ2n) is 8.81. The maximum atomic E-state index is 11.9. The molecule has 3 aromatic rings. The van der Waals surface area contributed by atoms with E-state index in [1.54, 1.807) is 24.3 Å². The van der Waals surface area contributed by atoms with Gasteiger partial charge in [-0.1, -0.05) is 13.0 Å². The van der Waals surface area contributed by atoms with Gasteiger partial charge in [0.1, 0.15) is 11.5 Å². The number of nitrogens with one attached hydrogen (secondary N) is 1. The SMILES string of the molecule is CCCS(=O)(=O)Nc1ccc(-c2nc(CCOc3ccc4c(c3)CC[C@H]4CC(=O)O)c(C)o2)cc1. The van der Waals surface area contributed by atoms with Gasteiger partial charge in [0.2, 0.25) is 15.9 Å². The predicted octanol–water partition coefficient (Wildman–Crippen LogP) is 4.93. The Kier molecular flexibility index (Phi) is 7.45. The lowest BCUT2D eigenvalue weighted by molar-refractivity contribution is -0.137. The molecule has 0 spiro atoms. The van der Waals surface area contributed by atoms with E-state index in [9.17, 15) is 13.2 Å². The number of nitrogens with zero attached hydrogens (tertiary/aromatic N) is 1. The molecule has 1 aliphatic carbocycles. The van der Waals surface area contributed by atoms with Gasteiger partial charge in [0.15, 0.2) is 0 Å². The molecule has 0 unspecified atom stereocenters. The fourth-order valence-electron chi connectivity index (χ4n) is 4.42. The van der Waals surface area contributed by atoms with E-state index < -0.39 is 16.0 Å². The van der Waals surface area contributed by atoms with E-state index in [-0.39, 0.29) is 18.1 Å². The van der Waals surface area contributed by atoms with E-state index in [1.807, 2.05) is 32.0 Å². The van der Waals surface area contributed by atoms with Gasteiger partial charge in [0.05, 0.1) is 24.5 Å². The molecule has 186 valence electrons. The first-order valence-electron chi connectivity index (χ1n) is 11.8. The summed E-state index contributed by atoms with van der Waals surface area (Å²) in [7, 11) is -3.34. The summed E-state index contributed by atoms with van der Waals surface area (Å²) in [6.07, 6.45) is 3.02. The summed E-state index contributed by atoms with van der Waals surface area (Å²) in [5, 5.41) is 9.08. The van der Waals surface area contributed by atoms with Crippen LogP contribution in [0.2, 0.25) is 0 Å². The minimum Gasteiger partial charge on any atom is -0.493 e. The number of sulfonamides is 1. The number of carbonyl (C=O) groups is 1. The Morgan fingerprint density at radius 3 is 2.71 bits per heavy atom. The molecule has 2 aromatic carbocycles. The Balaban J connectivity index is 1.35. The van der Waals surface area contributed by atoms with Gasteiger partial charge in [0, 0.05) is 17.7 Å². The third-order valence-corrected chi connectivity index (χ3v) is 7.61. The molecule has 1 aliphatic rings. The van der Waals surface area contributed by atoms with Crippen LogP contribution in [-0.4, -0.2) is 36.8 Å². The van der Waals surface area contributed by atoms with E-state index in [0.29, 0.717) is 36.8 Å². The lowest BCUT2D eigenvalue weighted by Gasteiger charge is -2.10. The fourth-order valence-corrected chi connectivity index (χ4v) is 5.56.